The van der Waals surface area contributed by atoms with Gasteiger partial charge in [-0.15, -0.1) is 10.2 Å². The molecule has 1 aromatic heterocycles. The zero-order valence-corrected chi connectivity index (χ0v) is 9.71. The van der Waals surface area contributed by atoms with Gasteiger partial charge in [-0.1, -0.05) is 18.2 Å². The Labute approximate surface area is 99.7 Å². The lowest BCUT2D eigenvalue weighted by Crippen LogP contribution is -2.21. The Bertz CT molecular complexity index is 456. The van der Waals surface area contributed by atoms with Crippen LogP contribution in [0.25, 0.3) is 11.5 Å². The summed E-state index contributed by atoms with van der Waals surface area (Å²) >= 11 is 0. The van der Waals surface area contributed by atoms with Crippen LogP contribution in [0.1, 0.15) is 5.89 Å². The summed E-state index contributed by atoms with van der Waals surface area (Å²) < 4.78 is 5.54. The summed E-state index contributed by atoms with van der Waals surface area (Å²) in [6, 6.07) is 9.65. The lowest BCUT2D eigenvalue weighted by atomic mass is 10.2. The molecule has 0 unspecified atom stereocenters. The number of rotatable bonds is 5. The number of aromatic nitrogens is 2. The van der Waals surface area contributed by atoms with E-state index in [1.807, 2.05) is 42.3 Å². The van der Waals surface area contributed by atoms with Crippen molar-refractivity contribution < 1.29 is 9.52 Å². The number of likely N-dealkylation sites (N-methyl/N-ethyl adjacent to an activating group) is 1. The summed E-state index contributed by atoms with van der Waals surface area (Å²) in [5, 5.41) is 16.8. The van der Waals surface area contributed by atoms with Crippen LogP contribution < -0.4 is 0 Å². The number of nitrogens with zero attached hydrogens (tertiary/aromatic N) is 3. The van der Waals surface area contributed by atoms with Gasteiger partial charge in [-0.25, -0.2) is 0 Å². The zero-order chi connectivity index (χ0) is 12.1. The van der Waals surface area contributed by atoms with Crippen molar-refractivity contribution in [2.75, 3.05) is 20.2 Å². The van der Waals surface area contributed by atoms with Crippen LogP contribution >= 0.6 is 0 Å². The second-order valence-electron chi connectivity index (χ2n) is 3.83. The molecule has 1 N–H and O–H groups in total. The van der Waals surface area contributed by atoms with Crippen LogP contribution in [0, 0.1) is 0 Å². The maximum absolute atomic E-state index is 8.79. The van der Waals surface area contributed by atoms with E-state index >= 15 is 0 Å². The topological polar surface area (TPSA) is 62.4 Å². The van der Waals surface area contributed by atoms with Crippen molar-refractivity contribution in [2.24, 2.45) is 0 Å². The molecule has 17 heavy (non-hydrogen) atoms. The van der Waals surface area contributed by atoms with E-state index in [4.69, 9.17) is 9.52 Å². The third-order valence-corrected chi connectivity index (χ3v) is 2.37. The van der Waals surface area contributed by atoms with Crippen molar-refractivity contribution in [1.29, 1.82) is 0 Å². The van der Waals surface area contributed by atoms with Gasteiger partial charge in [0.25, 0.3) is 0 Å². The summed E-state index contributed by atoms with van der Waals surface area (Å²) in [7, 11) is 1.89. The van der Waals surface area contributed by atoms with E-state index in [0.29, 0.717) is 24.9 Å². The Balaban J connectivity index is 2.06. The predicted molar refractivity (Wildman–Crippen MR) is 63.2 cm³/mol. The van der Waals surface area contributed by atoms with Gasteiger partial charge < -0.3 is 9.52 Å². The molecule has 0 spiro atoms. The Morgan fingerprint density at radius 1 is 1.24 bits per heavy atom. The van der Waals surface area contributed by atoms with Gasteiger partial charge in [-0.3, -0.25) is 4.90 Å². The first kappa shape index (κ1) is 11.8. The third kappa shape index (κ3) is 3.12. The van der Waals surface area contributed by atoms with Crippen LogP contribution in [0.5, 0.6) is 0 Å². The first-order valence-electron chi connectivity index (χ1n) is 5.47. The third-order valence-electron chi connectivity index (χ3n) is 2.37. The van der Waals surface area contributed by atoms with Gasteiger partial charge in [-0.05, 0) is 19.2 Å². The van der Waals surface area contributed by atoms with Crippen molar-refractivity contribution >= 4 is 0 Å². The molecule has 0 aliphatic rings. The summed E-state index contributed by atoms with van der Waals surface area (Å²) in [5.74, 6) is 1.08. The quantitative estimate of drug-likeness (QED) is 0.839. The van der Waals surface area contributed by atoms with Crippen molar-refractivity contribution in [3.05, 3.63) is 36.2 Å². The van der Waals surface area contributed by atoms with Crippen molar-refractivity contribution in [1.82, 2.24) is 15.1 Å². The fourth-order valence-electron chi connectivity index (χ4n) is 1.50. The van der Waals surface area contributed by atoms with E-state index in [0.717, 1.165) is 5.56 Å². The average Bonchev–Trinajstić information content (AvgIpc) is 2.79. The molecule has 5 heteroatoms. The molecule has 5 nitrogen and oxygen atoms in total. The number of aliphatic hydroxyl groups excluding tert-OH is 1. The molecule has 2 rings (SSSR count). The molecular formula is C12H15N3O2. The Hall–Kier alpha value is -1.72. The van der Waals surface area contributed by atoms with Gasteiger partial charge in [0, 0.05) is 12.1 Å². The molecule has 0 fully saturated rings. The highest BCUT2D eigenvalue weighted by Gasteiger charge is 2.09. The van der Waals surface area contributed by atoms with Gasteiger partial charge in [0.1, 0.15) is 0 Å². The normalized spacial score (nSPS) is 11.0. The van der Waals surface area contributed by atoms with Crippen molar-refractivity contribution in [2.45, 2.75) is 6.54 Å². The zero-order valence-electron chi connectivity index (χ0n) is 9.71. The van der Waals surface area contributed by atoms with Crippen LogP contribution in [-0.4, -0.2) is 40.4 Å². The summed E-state index contributed by atoms with van der Waals surface area (Å²) in [5.41, 5.74) is 0.913. The van der Waals surface area contributed by atoms with Crippen LogP contribution in [0.4, 0.5) is 0 Å². The predicted octanol–water partition coefficient (Wildman–Crippen LogP) is 1.16. The summed E-state index contributed by atoms with van der Waals surface area (Å²) in [4.78, 5) is 1.92. The van der Waals surface area contributed by atoms with Gasteiger partial charge in [0.2, 0.25) is 11.8 Å². The number of hydrogen-bond donors (Lipinski definition) is 1. The van der Waals surface area contributed by atoms with E-state index in [1.165, 1.54) is 0 Å². The lowest BCUT2D eigenvalue weighted by Gasteiger charge is -2.11. The number of benzene rings is 1. The van der Waals surface area contributed by atoms with E-state index in [9.17, 15) is 0 Å². The minimum atomic E-state index is 0.121. The van der Waals surface area contributed by atoms with Crippen LogP contribution in [0.3, 0.4) is 0 Å². The molecule has 1 heterocycles. The van der Waals surface area contributed by atoms with Crippen molar-refractivity contribution in [3.63, 3.8) is 0 Å². The molecular weight excluding hydrogens is 218 g/mol. The Kier molecular flexibility index (Phi) is 3.85. The maximum Gasteiger partial charge on any atom is 0.247 e. The van der Waals surface area contributed by atoms with Crippen LogP contribution in [-0.2, 0) is 6.54 Å². The molecule has 0 atom stereocenters. The first-order valence-corrected chi connectivity index (χ1v) is 5.47. The standard InChI is InChI=1S/C12H15N3O2/c1-15(7-8-16)9-11-13-14-12(17-11)10-5-3-2-4-6-10/h2-6,16H,7-9H2,1H3. The molecule has 0 radical (unpaired) electrons. The fourth-order valence-corrected chi connectivity index (χ4v) is 1.50. The molecule has 90 valence electrons. The maximum atomic E-state index is 8.79. The van der Waals surface area contributed by atoms with Gasteiger partial charge >= 0.3 is 0 Å². The van der Waals surface area contributed by atoms with Gasteiger partial charge in [0.15, 0.2) is 0 Å². The van der Waals surface area contributed by atoms with E-state index in [1.54, 1.807) is 0 Å². The SMILES string of the molecule is CN(CCO)Cc1nnc(-c2ccccc2)o1. The second-order valence-corrected chi connectivity index (χ2v) is 3.83. The number of hydrogen-bond acceptors (Lipinski definition) is 5. The minimum Gasteiger partial charge on any atom is -0.419 e. The highest BCUT2D eigenvalue weighted by molar-refractivity contribution is 5.51. The molecule has 0 bridgehead atoms. The number of aliphatic hydroxyl groups is 1. The Morgan fingerprint density at radius 3 is 2.71 bits per heavy atom. The van der Waals surface area contributed by atoms with E-state index in [-0.39, 0.29) is 6.61 Å². The monoisotopic (exact) mass is 233 g/mol. The molecule has 0 saturated heterocycles. The molecule has 0 amide bonds. The highest BCUT2D eigenvalue weighted by Crippen LogP contribution is 2.17. The molecule has 0 saturated carbocycles. The second kappa shape index (κ2) is 5.56. The lowest BCUT2D eigenvalue weighted by molar-refractivity contribution is 0.206. The van der Waals surface area contributed by atoms with Crippen LogP contribution in [0.15, 0.2) is 34.7 Å². The molecule has 0 aliphatic heterocycles. The molecule has 0 aliphatic carbocycles. The highest BCUT2D eigenvalue weighted by atomic mass is 16.4. The van der Waals surface area contributed by atoms with E-state index in [2.05, 4.69) is 10.2 Å². The minimum absolute atomic E-state index is 0.121. The summed E-state index contributed by atoms with van der Waals surface area (Å²) in [6.45, 7) is 1.25. The fraction of sp³-hybridized carbons (Fsp3) is 0.333. The summed E-state index contributed by atoms with van der Waals surface area (Å²) in [6.07, 6.45) is 0. The van der Waals surface area contributed by atoms with Gasteiger partial charge in [-0.2, -0.15) is 0 Å². The van der Waals surface area contributed by atoms with Crippen molar-refractivity contribution in [3.8, 4) is 11.5 Å². The van der Waals surface area contributed by atoms with Crippen LogP contribution in [0.2, 0.25) is 0 Å². The smallest absolute Gasteiger partial charge is 0.247 e. The first-order chi connectivity index (χ1) is 8.29. The average molecular weight is 233 g/mol. The largest absolute Gasteiger partial charge is 0.419 e. The molecule has 2 aromatic rings. The molecule has 1 aromatic carbocycles. The van der Waals surface area contributed by atoms with E-state index < -0.39 is 0 Å². The van der Waals surface area contributed by atoms with Gasteiger partial charge in [0.05, 0.1) is 13.2 Å². The Morgan fingerprint density at radius 2 is 2.00 bits per heavy atom.